The molecule has 1 unspecified atom stereocenters. The van der Waals surface area contributed by atoms with E-state index in [1.54, 1.807) is 0 Å². The predicted octanol–water partition coefficient (Wildman–Crippen LogP) is 0.391. The number of amides is 1. The third kappa shape index (κ3) is 6.42. The first kappa shape index (κ1) is 12.9. The van der Waals surface area contributed by atoms with Gasteiger partial charge in [-0.15, -0.1) is 0 Å². The van der Waals surface area contributed by atoms with Gasteiger partial charge in [0, 0.05) is 5.54 Å². The number of nitrogens with one attached hydrogen (secondary N) is 1. The Morgan fingerprint density at radius 1 is 1.43 bits per heavy atom. The minimum absolute atomic E-state index is 0.307. The smallest absolute Gasteiger partial charge is 0.329 e. The zero-order valence-corrected chi connectivity index (χ0v) is 8.96. The topological polar surface area (TPSA) is 75.6 Å². The lowest BCUT2D eigenvalue weighted by molar-refractivity contribution is -0.147. The third-order valence-electron chi connectivity index (χ3n) is 1.32. The summed E-state index contributed by atoms with van der Waals surface area (Å²) < 4.78 is 4.80. The van der Waals surface area contributed by atoms with Crippen LogP contribution < -0.4 is 5.32 Å². The average molecular weight is 203 g/mol. The molecule has 0 aromatic carbocycles. The molecule has 0 saturated carbocycles. The zero-order valence-electron chi connectivity index (χ0n) is 8.96. The summed E-state index contributed by atoms with van der Waals surface area (Å²) in [6.45, 7) is 6.58. The Morgan fingerprint density at radius 2 is 1.93 bits per heavy atom. The third-order valence-corrected chi connectivity index (χ3v) is 1.32. The van der Waals surface area contributed by atoms with Crippen molar-refractivity contribution < 1.29 is 19.4 Å². The molecule has 14 heavy (non-hydrogen) atoms. The molecular weight excluding hydrogens is 186 g/mol. The van der Waals surface area contributed by atoms with E-state index in [1.165, 1.54) is 6.92 Å². The largest absolute Gasteiger partial charge is 0.480 e. The Balaban J connectivity index is 3.94. The maximum Gasteiger partial charge on any atom is 0.329 e. The number of ether oxygens (including phenoxy) is 1. The summed E-state index contributed by atoms with van der Waals surface area (Å²) in [7, 11) is 0. The normalized spacial score (nSPS) is 13.4. The highest BCUT2D eigenvalue weighted by molar-refractivity contribution is 5.81. The minimum Gasteiger partial charge on any atom is -0.480 e. The second-order valence-corrected chi connectivity index (χ2v) is 4.09. The molecule has 1 amide bonds. The molecule has 2 N–H and O–H groups in total. The van der Waals surface area contributed by atoms with Crippen molar-refractivity contribution in [3.8, 4) is 0 Å². The van der Waals surface area contributed by atoms with E-state index in [-0.39, 0.29) is 11.4 Å². The van der Waals surface area contributed by atoms with Crippen LogP contribution in [0.1, 0.15) is 27.7 Å². The average Bonchev–Trinajstić information content (AvgIpc) is 1.96. The van der Waals surface area contributed by atoms with Gasteiger partial charge in [-0.25, -0.2) is 4.79 Å². The lowest BCUT2D eigenvalue weighted by Crippen LogP contribution is -2.46. The van der Waals surface area contributed by atoms with E-state index in [4.69, 9.17) is 9.84 Å². The number of aliphatic carboxylic acids is 1. The SMILES string of the molecule is CC(OCC(=O)O)C(=O)NC(C)(C)C. The molecule has 0 aliphatic carbocycles. The molecule has 0 aliphatic rings. The molecule has 5 heteroatoms. The van der Waals surface area contributed by atoms with Gasteiger partial charge in [0.25, 0.3) is 0 Å². The van der Waals surface area contributed by atoms with Crippen molar-refractivity contribution in [2.45, 2.75) is 39.3 Å². The molecule has 82 valence electrons. The molecule has 0 aromatic heterocycles. The highest BCUT2D eigenvalue weighted by atomic mass is 16.5. The fourth-order valence-corrected chi connectivity index (χ4v) is 0.743. The molecule has 0 bridgehead atoms. The summed E-state index contributed by atoms with van der Waals surface area (Å²) >= 11 is 0. The summed E-state index contributed by atoms with van der Waals surface area (Å²) in [5.41, 5.74) is -0.335. The Kier molecular flexibility index (Phi) is 4.56. The van der Waals surface area contributed by atoms with Crippen molar-refractivity contribution in [2.24, 2.45) is 0 Å². The molecule has 0 saturated heterocycles. The van der Waals surface area contributed by atoms with Gasteiger partial charge < -0.3 is 15.2 Å². The Labute approximate surface area is 83.4 Å². The highest BCUT2D eigenvalue weighted by Gasteiger charge is 2.20. The van der Waals surface area contributed by atoms with Gasteiger partial charge in [-0.05, 0) is 27.7 Å². The van der Waals surface area contributed by atoms with Gasteiger partial charge in [-0.1, -0.05) is 0 Å². The van der Waals surface area contributed by atoms with Crippen LogP contribution in [0.25, 0.3) is 0 Å². The monoisotopic (exact) mass is 203 g/mol. The van der Waals surface area contributed by atoms with E-state index in [2.05, 4.69) is 5.32 Å². The van der Waals surface area contributed by atoms with E-state index in [9.17, 15) is 9.59 Å². The number of carbonyl (C=O) groups is 2. The van der Waals surface area contributed by atoms with Gasteiger partial charge in [-0.2, -0.15) is 0 Å². The number of hydrogen-bond acceptors (Lipinski definition) is 3. The second-order valence-electron chi connectivity index (χ2n) is 4.09. The number of carboxylic acids is 1. The molecule has 0 aliphatic heterocycles. The van der Waals surface area contributed by atoms with Crippen LogP contribution in [0.15, 0.2) is 0 Å². The van der Waals surface area contributed by atoms with Crippen molar-refractivity contribution in [3.63, 3.8) is 0 Å². The standard InChI is InChI=1S/C9H17NO4/c1-6(14-5-7(11)12)8(13)10-9(2,3)4/h6H,5H2,1-4H3,(H,10,13)(H,11,12). The zero-order chi connectivity index (χ0) is 11.4. The molecule has 5 nitrogen and oxygen atoms in total. The van der Waals surface area contributed by atoms with Crippen molar-refractivity contribution in [2.75, 3.05) is 6.61 Å². The van der Waals surface area contributed by atoms with E-state index < -0.39 is 18.7 Å². The second kappa shape index (κ2) is 4.95. The summed E-state index contributed by atoms with van der Waals surface area (Å²) in [5, 5.41) is 11.0. The molecular formula is C9H17NO4. The number of carboxylic acid groups (broad SMARTS) is 1. The molecule has 0 fully saturated rings. The van der Waals surface area contributed by atoms with E-state index >= 15 is 0 Å². The van der Waals surface area contributed by atoms with Crippen LogP contribution in [0.5, 0.6) is 0 Å². The molecule has 0 spiro atoms. The van der Waals surface area contributed by atoms with Gasteiger partial charge >= 0.3 is 5.97 Å². The molecule has 1 atom stereocenters. The Bertz CT molecular complexity index is 219. The maximum absolute atomic E-state index is 11.3. The lowest BCUT2D eigenvalue weighted by atomic mass is 10.1. The molecule has 0 radical (unpaired) electrons. The van der Waals surface area contributed by atoms with Gasteiger partial charge in [0.2, 0.25) is 5.91 Å². The summed E-state index contributed by atoms with van der Waals surface area (Å²) in [5.74, 6) is -1.39. The lowest BCUT2D eigenvalue weighted by Gasteiger charge is -2.22. The molecule has 0 rings (SSSR count). The van der Waals surface area contributed by atoms with E-state index in [0.29, 0.717) is 0 Å². The fourth-order valence-electron chi connectivity index (χ4n) is 0.743. The van der Waals surface area contributed by atoms with Crippen LogP contribution in [0, 0.1) is 0 Å². The molecule has 0 heterocycles. The van der Waals surface area contributed by atoms with E-state index in [1.807, 2.05) is 20.8 Å². The van der Waals surface area contributed by atoms with Gasteiger partial charge in [0.1, 0.15) is 12.7 Å². The minimum atomic E-state index is -1.08. The van der Waals surface area contributed by atoms with Crippen LogP contribution in [-0.2, 0) is 14.3 Å². The number of rotatable bonds is 4. The summed E-state index contributed by atoms with van der Waals surface area (Å²) in [6.07, 6.45) is -0.745. The van der Waals surface area contributed by atoms with Gasteiger partial charge in [-0.3, -0.25) is 4.79 Å². The summed E-state index contributed by atoms with van der Waals surface area (Å²) in [4.78, 5) is 21.5. The number of carbonyl (C=O) groups excluding carboxylic acids is 1. The van der Waals surface area contributed by atoms with Crippen molar-refractivity contribution in [1.82, 2.24) is 5.32 Å². The van der Waals surface area contributed by atoms with Crippen LogP contribution >= 0.6 is 0 Å². The number of hydrogen-bond donors (Lipinski definition) is 2. The Hall–Kier alpha value is -1.10. The molecule has 0 aromatic rings. The van der Waals surface area contributed by atoms with E-state index in [0.717, 1.165) is 0 Å². The quantitative estimate of drug-likeness (QED) is 0.693. The van der Waals surface area contributed by atoms with Gasteiger partial charge in [0.05, 0.1) is 0 Å². The van der Waals surface area contributed by atoms with Crippen molar-refractivity contribution >= 4 is 11.9 Å². The van der Waals surface area contributed by atoms with Crippen LogP contribution in [-0.4, -0.2) is 35.2 Å². The first-order chi connectivity index (χ1) is 6.22. The van der Waals surface area contributed by atoms with Crippen molar-refractivity contribution in [1.29, 1.82) is 0 Å². The van der Waals surface area contributed by atoms with Crippen LogP contribution in [0.3, 0.4) is 0 Å². The highest BCUT2D eigenvalue weighted by Crippen LogP contribution is 2.00. The first-order valence-electron chi connectivity index (χ1n) is 4.38. The van der Waals surface area contributed by atoms with Crippen molar-refractivity contribution in [3.05, 3.63) is 0 Å². The van der Waals surface area contributed by atoms with Crippen LogP contribution in [0.2, 0.25) is 0 Å². The maximum atomic E-state index is 11.3. The van der Waals surface area contributed by atoms with Gasteiger partial charge in [0.15, 0.2) is 0 Å². The predicted molar refractivity (Wildman–Crippen MR) is 50.9 cm³/mol. The first-order valence-corrected chi connectivity index (χ1v) is 4.38. The fraction of sp³-hybridized carbons (Fsp3) is 0.778. The summed E-state index contributed by atoms with van der Waals surface area (Å²) in [6, 6.07) is 0. The Morgan fingerprint density at radius 3 is 2.29 bits per heavy atom. The van der Waals surface area contributed by atoms with Crippen LogP contribution in [0.4, 0.5) is 0 Å².